The average Bonchev–Trinajstić information content (AvgIpc) is 3.28. The van der Waals surface area contributed by atoms with E-state index in [1.54, 1.807) is 6.26 Å². The van der Waals surface area contributed by atoms with Crippen molar-refractivity contribution in [3.05, 3.63) is 48.2 Å². The van der Waals surface area contributed by atoms with Gasteiger partial charge in [0.1, 0.15) is 5.76 Å². The van der Waals surface area contributed by atoms with E-state index in [-0.39, 0.29) is 5.91 Å². The maximum Gasteiger partial charge on any atom is 0.253 e. The number of nitrogens with zero attached hydrogens (tertiary/aromatic N) is 3. The molecule has 0 N–H and O–H groups in total. The van der Waals surface area contributed by atoms with E-state index in [0.29, 0.717) is 12.0 Å². The van der Waals surface area contributed by atoms with Crippen LogP contribution in [0.15, 0.2) is 47.1 Å². The molecule has 28 heavy (non-hydrogen) atoms. The molecule has 1 amide bonds. The minimum Gasteiger partial charge on any atom is -0.464 e. The fourth-order valence-electron chi connectivity index (χ4n) is 4.51. The van der Waals surface area contributed by atoms with E-state index in [9.17, 15) is 4.79 Å². The molecule has 0 unspecified atom stereocenters. The summed E-state index contributed by atoms with van der Waals surface area (Å²) in [5.41, 5.74) is 1.77. The molecule has 3 heterocycles. The Bertz CT molecular complexity index is 756. The third-order valence-corrected chi connectivity index (χ3v) is 6.56. The van der Waals surface area contributed by atoms with Gasteiger partial charge in [0, 0.05) is 56.4 Å². The highest BCUT2D eigenvalue weighted by Crippen LogP contribution is 2.26. The third-order valence-electron chi connectivity index (χ3n) is 6.56. The summed E-state index contributed by atoms with van der Waals surface area (Å²) in [6.45, 7) is 8.76. The summed E-state index contributed by atoms with van der Waals surface area (Å²) >= 11 is 0. The molecule has 2 fully saturated rings. The van der Waals surface area contributed by atoms with Crippen LogP contribution in [-0.2, 0) is 0 Å². The smallest absolute Gasteiger partial charge is 0.253 e. The van der Waals surface area contributed by atoms with Crippen LogP contribution in [0, 0.1) is 5.92 Å². The molecule has 150 valence electrons. The molecule has 2 saturated heterocycles. The van der Waals surface area contributed by atoms with Crippen LogP contribution >= 0.6 is 0 Å². The molecule has 5 nitrogen and oxygen atoms in total. The molecule has 4 rings (SSSR count). The van der Waals surface area contributed by atoms with Gasteiger partial charge in [0.25, 0.3) is 5.91 Å². The first-order valence-corrected chi connectivity index (χ1v) is 10.5. The largest absolute Gasteiger partial charge is 0.464 e. The summed E-state index contributed by atoms with van der Waals surface area (Å²) < 4.78 is 5.42. The molecule has 0 spiro atoms. The quantitative estimate of drug-likeness (QED) is 0.813. The van der Waals surface area contributed by atoms with E-state index in [1.165, 1.54) is 13.1 Å². The Balaban J connectivity index is 1.31. The number of piperazine rings is 1. The zero-order valence-electron chi connectivity index (χ0n) is 17.0. The zero-order chi connectivity index (χ0) is 19.5. The second-order valence-corrected chi connectivity index (χ2v) is 8.26. The predicted molar refractivity (Wildman–Crippen MR) is 111 cm³/mol. The molecule has 0 aliphatic carbocycles. The van der Waals surface area contributed by atoms with Crippen LogP contribution in [0.3, 0.4) is 0 Å². The van der Waals surface area contributed by atoms with Gasteiger partial charge >= 0.3 is 0 Å². The van der Waals surface area contributed by atoms with Gasteiger partial charge in [0.2, 0.25) is 0 Å². The lowest BCUT2D eigenvalue weighted by Crippen LogP contribution is -2.52. The van der Waals surface area contributed by atoms with E-state index in [2.05, 4.69) is 23.8 Å². The lowest BCUT2D eigenvalue weighted by atomic mass is 9.88. The SMILES string of the molecule is C[C@@H](C1CCN(C(=O)c2ccc(-c3ccco3)cc2)CC1)N1CCN(C)CC1. The molecular formula is C23H31N3O2. The standard InChI is InChI=1S/C23H31N3O2/c1-18(25-15-13-24(2)14-16-25)19-9-11-26(12-10-19)23(27)21-7-5-20(6-8-21)22-4-3-17-28-22/h3-8,17-19H,9-16H2,1-2H3/t18-/m0/s1. The molecule has 1 aromatic heterocycles. The summed E-state index contributed by atoms with van der Waals surface area (Å²) in [5.74, 6) is 1.67. The summed E-state index contributed by atoms with van der Waals surface area (Å²) in [5, 5.41) is 0. The fraction of sp³-hybridized carbons (Fsp3) is 0.522. The predicted octanol–water partition coefficient (Wildman–Crippen LogP) is 3.43. The van der Waals surface area contributed by atoms with Crippen LogP contribution in [0.4, 0.5) is 0 Å². The van der Waals surface area contributed by atoms with E-state index in [4.69, 9.17) is 4.42 Å². The number of benzene rings is 1. The third kappa shape index (κ3) is 4.15. The Morgan fingerprint density at radius 1 is 1.00 bits per heavy atom. The number of piperidine rings is 1. The van der Waals surface area contributed by atoms with Gasteiger partial charge in [-0.05, 0) is 57.0 Å². The molecule has 0 bridgehead atoms. The summed E-state index contributed by atoms with van der Waals surface area (Å²) in [7, 11) is 2.20. The van der Waals surface area contributed by atoms with Crippen molar-refractivity contribution in [2.24, 2.45) is 5.92 Å². The highest BCUT2D eigenvalue weighted by Gasteiger charge is 2.30. The number of furan rings is 1. The Kier molecular flexibility index (Phi) is 5.83. The van der Waals surface area contributed by atoms with Crippen molar-refractivity contribution in [3.8, 4) is 11.3 Å². The van der Waals surface area contributed by atoms with Crippen LogP contribution in [0.1, 0.15) is 30.1 Å². The summed E-state index contributed by atoms with van der Waals surface area (Å²) in [6.07, 6.45) is 3.87. The zero-order valence-corrected chi connectivity index (χ0v) is 17.0. The molecule has 2 aromatic rings. The fourth-order valence-corrected chi connectivity index (χ4v) is 4.51. The summed E-state index contributed by atoms with van der Waals surface area (Å²) in [4.78, 5) is 20.0. The molecular weight excluding hydrogens is 350 g/mol. The van der Waals surface area contributed by atoms with E-state index < -0.39 is 0 Å². The van der Waals surface area contributed by atoms with Gasteiger partial charge in [-0.25, -0.2) is 0 Å². The number of amides is 1. The van der Waals surface area contributed by atoms with Crippen LogP contribution in [-0.4, -0.2) is 73.0 Å². The van der Waals surface area contributed by atoms with Crippen LogP contribution < -0.4 is 0 Å². The van der Waals surface area contributed by atoms with Gasteiger partial charge in [-0.1, -0.05) is 12.1 Å². The maximum atomic E-state index is 12.9. The monoisotopic (exact) mass is 381 g/mol. The Labute approximate surface area is 167 Å². The molecule has 1 atom stereocenters. The van der Waals surface area contributed by atoms with Crippen molar-refractivity contribution in [2.45, 2.75) is 25.8 Å². The Hall–Kier alpha value is -2.11. The van der Waals surface area contributed by atoms with Crippen molar-refractivity contribution < 1.29 is 9.21 Å². The number of likely N-dealkylation sites (tertiary alicyclic amines) is 1. The van der Waals surface area contributed by atoms with Crippen molar-refractivity contribution in [2.75, 3.05) is 46.3 Å². The van der Waals surface area contributed by atoms with Gasteiger partial charge < -0.3 is 14.2 Å². The first-order chi connectivity index (χ1) is 13.6. The van der Waals surface area contributed by atoms with Gasteiger partial charge in [-0.15, -0.1) is 0 Å². The van der Waals surface area contributed by atoms with Crippen molar-refractivity contribution in [1.29, 1.82) is 0 Å². The van der Waals surface area contributed by atoms with Crippen molar-refractivity contribution in [3.63, 3.8) is 0 Å². The molecule has 0 saturated carbocycles. The van der Waals surface area contributed by atoms with Gasteiger partial charge in [0.05, 0.1) is 6.26 Å². The maximum absolute atomic E-state index is 12.9. The minimum atomic E-state index is 0.150. The highest BCUT2D eigenvalue weighted by molar-refractivity contribution is 5.94. The van der Waals surface area contributed by atoms with Gasteiger partial charge in [-0.3, -0.25) is 9.69 Å². The first-order valence-electron chi connectivity index (χ1n) is 10.5. The van der Waals surface area contributed by atoms with Gasteiger partial charge in [-0.2, -0.15) is 0 Å². The second kappa shape index (κ2) is 8.50. The lowest BCUT2D eigenvalue weighted by molar-refractivity contribution is 0.0500. The molecule has 0 radical (unpaired) electrons. The van der Waals surface area contributed by atoms with Crippen LogP contribution in [0.25, 0.3) is 11.3 Å². The van der Waals surface area contributed by atoms with Crippen molar-refractivity contribution >= 4 is 5.91 Å². The number of carbonyl (C=O) groups is 1. The number of likely N-dealkylation sites (N-methyl/N-ethyl adjacent to an activating group) is 1. The van der Waals surface area contributed by atoms with Crippen LogP contribution in [0.2, 0.25) is 0 Å². The number of carbonyl (C=O) groups excluding carboxylic acids is 1. The molecule has 2 aliphatic heterocycles. The highest BCUT2D eigenvalue weighted by atomic mass is 16.3. The number of rotatable bonds is 4. The first kappa shape index (κ1) is 19.2. The molecule has 5 heteroatoms. The van der Waals surface area contributed by atoms with E-state index in [0.717, 1.165) is 55.9 Å². The van der Waals surface area contributed by atoms with Gasteiger partial charge in [0.15, 0.2) is 0 Å². The molecule has 1 aromatic carbocycles. The Morgan fingerprint density at radius 2 is 1.68 bits per heavy atom. The summed E-state index contributed by atoms with van der Waals surface area (Å²) in [6, 6.07) is 12.2. The second-order valence-electron chi connectivity index (χ2n) is 8.26. The van der Waals surface area contributed by atoms with Crippen LogP contribution in [0.5, 0.6) is 0 Å². The minimum absolute atomic E-state index is 0.150. The lowest BCUT2D eigenvalue weighted by Gasteiger charge is -2.42. The number of hydrogen-bond donors (Lipinski definition) is 0. The number of hydrogen-bond acceptors (Lipinski definition) is 4. The Morgan fingerprint density at radius 3 is 2.29 bits per heavy atom. The normalized spacial score (nSPS) is 21.0. The molecule has 2 aliphatic rings. The van der Waals surface area contributed by atoms with E-state index in [1.807, 2.05) is 41.3 Å². The average molecular weight is 382 g/mol. The van der Waals surface area contributed by atoms with E-state index >= 15 is 0 Å². The van der Waals surface area contributed by atoms with Crippen molar-refractivity contribution in [1.82, 2.24) is 14.7 Å². The topological polar surface area (TPSA) is 39.9 Å².